The van der Waals surface area contributed by atoms with Crippen LogP contribution in [0, 0.1) is 11.8 Å². The Bertz CT molecular complexity index is 182. The molecule has 1 aliphatic rings. The normalized spacial score (nSPS) is 31.9. The van der Waals surface area contributed by atoms with Gasteiger partial charge in [0.05, 0.1) is 0 Å². The molecule has 3 atom stereocenters. The largest absolute Gasteiger partial charge is 0.330 e. The van der Waals surface area contributed by atoms with Gasteiger partial charge in [0.15, 0.2) is 0 Å². The van der Waals surface area contributed by atoms with Crippen LogP contribution in [0.3, 0.4) is 0 Å². The molecule has 0 amide bonds. The summed E-state index contributed by atoms with van der Waals surface area (Å²) >= 11 is 0. The number of piperidine rings is 1. The molecule has 0 saturated carbocycles. The Morgan fingerprint density at radius 3 is 2.44 bits per heavy atom. The van der Waals surface area contributed by atoms with Crippen molar-refractivity contribution in [3.05, 3.63) is 0 Å². The quantitative estimate of drug-likeness (QED) is 0.706. The molecule has 1 saturated heterocycles. The fourth-order valence-corrected chi connectivity index (χ4v) is 2.94. The van der Waals surface area contributed by atoms with Crippen LogP contribution >= 0.6 is 0 Å². The van der Waals surface area contributed by atoms with Crippen molar-refractivity contribution in [2.45, 2.75) is 58.9 Å². The van der Waals surface area contributed by atoms with E-state index < -0.39 is 0 Å². The van der Waals surface area contributed by atoms with E-state index in [1.807, 2.05) is 0 Å². The standard InChI is InChI=1S/C14H30N2/c1-12-10-13(2)14(3)16(11-12)9-7-5-4-6-8-15/h12-14H,4-11,15H2,1-3H3. The minimum absolute atomic E-state index is 0.783. The van der Waals surface area contributed by atoms with E-state index in [9.17, 15) is 0 Å². The van der Waals surface area contributed by atoms with Crippen molar-refractivity contribution in [2.75, 3.05) is 19.6 Å². The summed E-state index contributed by atoms with van der Waals surface area (Å²) < 4.78 is 0. The van der Waals surface area contributed by atoms with E-state index in [4.69, 9.17) is 5.73 Å². The molecule has 96 valence electrons. The summed E-state index contributed by atoms with van der Waals surface area (Å²) in [6.07, 6.45) is 6.62. The Kier molecular flexibility index (Phi) is 6.37. The Morgan fingerprint density at radius 2 is 1.75 bits per heavy atom. The molecular formula is C14H30N2. The van der Waals surface area contributed by atoms with Gasteiger partial charge in [-0.25, -0.2) is 0 Å². The number of nitrogens with zero attached hydrogens (tertiary/aromatic N) is 1. The highest BCUT2D eigenvalue weighted by molar-refractivity contribution is 4.81. The van der Waals surface area contributed by atoms with Gasteiger partial charge in [0.25, 0.3) is 0 Å². The molecule has 0 aliphatic carbocycles. The zero-order valence-corrected chi connectivity index (χ0v) is 11.4. The zero-order chi connectivity index (χ0) is 12.0. The number of unbranched alkanes of at least 4 members (excludes halogenated alkanes) is 3. The molecule has 0 radical (unpaired) electrons. The van der Waals surface area contributed by atoms with Crippen molar-refractivity contribution < 1.29 is 0 Å². The van der Waals surface area contributed by atoms with Gasteiger partial charge >= 0.3 is 0 Å². The van der Waals surface area contributed by atoms with Crippen LogP contribution < -0.4 is 5.73 Å². The van der Waals surface area contributed by atoms with Crippen molar-refractivity contribution >= 4 is 0 Å². The molecule has 1 fully saturated rings. The van der Waals surface area contributed by atoms with E-state index >= 15 is 0 Å². The molecule has 16 heavy (non-hydrogen) atoms. The molecule has 0 bridgehead atoms. The molecule has 2 nitrogen and oxygen atoms in total. The smallest absolute Gasteiger partial charge is 0.00927 e. The minimum atomic E-state index is 0.783. The first-order valence-corrected chi connectivity index (χ1v) is 7.09. The Hall–Kier alpha value is -0.0800. The van der Waals surface area contributed by atoms with Crippen molar-refractivity contribution in [1.29, 1.82) is 0 Å². The van der Waals surface area contributed by atoms with E-state index in [1.165, 1.54) is 45.2 Å². The van der Waals surface area contributed by atoms with Crippen LogP contribution in [0.25, 0.3) is 0 Å². The molecule has 0 spiro atoms. The van der Waals surface area contributed by atoms with E-state index in [1.54, 1.807) is 0 Å². The van der Waals surface area contributed by atoms with Gasteiger partial charge < -0.3 is 10.6 Å². The number of hydrogen-bond donors (Lipinski definition) is 1. The van der Waals surface area contributed by atoms with Gasteiger partial charge in [0.1, 0.15) is 0 Å². The molecular weight excluding hydrogens is 196 g/mol. The summed E-state index contributed by atoms with van der Waals surface area (Å²) in [6, 6.07) is 0.783. The Morgan fingerprint density at radius 1 is 1.06 bits per heavy atom. The lowest BCUT2D eigenvalue weighted by Crippen LogP contribution is -2.45. The zero-order valence-electron chi connectivity index (χ0n) is 11.4. The van der Waals surface area contributed by atoms with Gasteiger partial charge in [-0.15, -0.1) is 0 Å². The first-order chi connectivity index (χ1) is 7.65. The Labute approximate surface area is 102 Å². The van der Waals surface area contributed by atoms with E-state index in [0.29, 0.717) is 0 Å². The van der Waals surface area contributed by atoms with Gasteiger partial charge in [-0.05, 0) is 51.1 Å². The lowest BCUT2D eigenvalue weighted by molar-refractivity contribution is 0.0781. The van der Waals surface area contributed by atoms with E-state index in [-0.39, 0.29) is 0 Å². The second-order valence-electron chi connectivity index (χ2n) is 5.76. The van der Waals surface area contributed by atoms with Crippen molar-refractivity contribution in [3.8, 4) is 0 Å². The average molecular weight is 226 g/mol. The van der Waals surface area contributed by atoms with Crippen molar-refractivity contribution in [3.63, 3.8) is 0 Å². The maximum Gasteiger partial charge on any atom is 0.00927 e. The van der Waals surface area contributed by atoms with Crippen molar-refractivity contribution in [1.82, 2.24) is 4.90 Å². The number of hydrogen-bond acceptors (Lipinski definition) is 2. The predicted molar refractivity (Wildman–Crippen MR) is 71.5 cm³/mol. The number of nitrogens with two attached hydrogens (primary N) is 1. The maximum absolute atomic E-state index is 5.50. The third-order valence-electron chi connectivity index (χ3n) is 4.12. The van der Waals surface area contributed by atoms with Gasteiger partial charge in [0.2, 0.25) is 0 Å². The molecule has 3 unspecified atom stereocenters. The molecule has 0 aromatic heterocycles. The van der Waals surface area contributed by atoms with Gasteiger partial charge in [-0.1, -0.05) is 26.7 Å². The lowest BCUT2D eigenvalue weighted by Gasteiger charge is -2.41. The third-order valence-corrected chi connectivity index (χ3v) is 4.12. The second kappa shape index (κ2) is 7.29. The monoisotopic (exact) mass is 226 g/mol. The first kappa shape index (κ1) is 14.0. The first-order valence-electron chi connectivity index (χ1n) is 7.09. The summed E-state index contributed by atoms with van der Waals surface area (Å²) in [6.45, 7) is 10.7. The van der Waals surface area contributed by atoms with Crippen molar-refractivity contribution in [2.24, 2.45) is 17.6 Å². The van der Waals surface area contributed by atoms with Gasteiger partial charge in [-0.3, -0.25) is 0 Å². The molecule has 0 aromatic carbocycles. The van der Waals surface area contributed by atoms with Crippen LogP contribution in [-0.4, -0.2) is 30.6 Å². The summed E-state index contributed by atoms with van der Waals surface area (Å²) in [7, 11) is 0. The molecule has 1 heterocycles. The van der Waals surface area contributed by atoms with Crippen LogP contribution in [-0.2, 0) is 0 Å². The molecule has 2 N–H and O–H groups in total. The summed E-state index contributed by atoms with van der Waals surface area (Å²) in [5.41, 5.74) is 5.50. The highest BCUT2D eigenvalue weighted by Crippen LogP contribution is 2.26. The number of likely N-dealkylation sites (tertiary alicyclic amines) is 1. The summed E-state index contributed by atoms with van der Waals surface area (Å²) in [5.74, 6) is 1.75. The topological polar surface area (TPSA) is 29.3 Å². The minimum Gasteiger partial charge on any atom is -0.330 e. The molecule has 1 aliphatic heterocycles. The van der Waals surface area contributed by atoms with E-state index in [0.717, 1.165) is 24.4 Å². The number of rotatable bonds is 6. The van der Waals surface area contributed by atoms with E-state index in [2.05, 4.69) is 25.7 Å². The van der Waals surface area contributed by atoms with Crippen LogP contribution in [0.2, 0.25) is 0 Å². The van der Waals surface area contributed by atoms with Crippen LogP contribution in [0.1, 0.15) is 52.9 Å². The second-order valence-corrected chi connectivity index (χ2v) is 5.76. The van der Waals surface area contributed by atoms with Crippen LogP contribution in [0.4, 0.5) is 0 Å². The highest BCUT2D eigenvalue weighted by atomic mass is 15.2. The highest BCUT2D eigenvalue weighted by Gasteiger charge is 2.27. The fraction of sp³-hybridized carbons (Fsp3) is 1.00. The third kappa shape index (κ3) is 4.42. The predicted octanol–water partition coefficient (Wildman–Crippen LogP) is 2.87. The lowest BCUT2D eigenvalue weighted by atomic mass is 9.86. The summed E-state index contributed by atoms with van der Waals surface area (Å²) in [5, 5.41) is 0. The Balaban J connectivity index is 2.19. The summed E-state index contributed by atoms with van der Waals surface area (Å²) in [4.78, 5) is 2.70. The fourth-order valence-electron chi connectivity index (χ4n) is 2.94. The average Bonchev–Trinajstić information content (AvgIpc) is 2.24. The van der Waals surface area contributed by atoms with Gasteiger partial charge in [0, 0.05) is 12.6 Å². The maximum atomic E-state index is 5.50. The van der Waals surface area contributed by atoms with Crippen LogP contribution in [0.5, 0.6) is 0 Å². The molecule has 2 heteroatoms. The molecule has 1 rings (SSSR count). The van der Waals surface area contributed by atoms with Gasteiger partial charge in [-0.2, -0.15) is 0 Å². The molecule has 0 aromatic rings. The SMILES string of the molecule is CC1CC(C)C(C)N(CCCCCCN)C1. The van der Waals surface area contributed by atoms with Crippen LogP contribution in [0.15, 0.2) is 0 Å².